The Morgan fingerprint density at radius 1 is 1.19 bits per heavy atom. The van der Waals surface area contributed by atoms with E-state index in [1.807, 2.05) is 0 Å². The molecule has 2 aromatic rings. The second-order valence-electron chi connectivity index (χ2n) is 6.81. The molecule has 3 heterocycles. The Hall–Kier alpha value is -3.60. The molecule has 0 atom stereocenters. The van der Waals surface area contributed by atoms with Crippen LogP contribution >= 0.6 is 11.8 Å². The van der Waals surface area contributed by atoms with E-state index in [0.717, 1.165) is 11.8 Å². The van der Waals surface area contributed by atoms with Crippen LogP contribution in [0, 0.1) is 0 Å². The molecule has 3 amide bonds. The molecule has 0 radical (unpaired) electrons. The zero-order valence-corrected chi connectivity index (χ0v) is 17.0. The molecule has 0 spiro atoms. The molecule has 0 aliphatic carbocycles. The number of likely N-dealkylation sites (tertiary alicyclic amines) is 1. The highest BCUT2D eigenvalue weighted by atomic mass is 32.2. The number of hydrogen-bond acceptors (Lipinski definition) is 8. The smallest absolute Gasteiger partial charge is 0.407 e. The number of rotatable bonds is 5. The van der Waals surface area contributed by atoms with Crippen LogP contribution < -0.4 is 14.8 Å². The lowest BCUT2D eigenvalue weighted by molar-refractivity contribution is -0.115. The van der Waals surface area contributed by atoms with Crippen LogP contribution in [0.15, 0.2) is 41.6 Å². The Morgan fingerprint density at radius 3 is 2.68 bits per heavy atom. The van der Waals surface area contributed by atoms with E-state index < -0.39 is 17.2 Å². The van der Waals surface area contributed by atoms with E-state index in [9.17, 15) is 14.4 Å². The molecule has 1 aromatic heterocycles. The Labute approximate surface area is 181 Å². The predicted molar refractivity (Wildman–Crippen MR) is 111 cm³/mol. The van der Waals surface area contributed by atoms with Crippen LogP contribution in [-0.4, -0.2) is 56.4 Å². The van der Waals surface area contributed by atoms with Gasteiger partial charge in [0.2, 0.25) is 11.8 Å². The lowest BCUT2D eigenvalue weighted by atomic mass is 10.1. The van der Waals surface area contributed by atoms with Crippen LogP contribution in [0.25, 0.3) is 6.08 Å². The minimum atomic E-state index is -0.923. The molecule has 4 rings (SSSR count). The number of nitrogens with one attached hydrogen (secondary N) is 1. The maximum Gasteiger partial charge on any atom is 0.407 e. The van der Waals surface area contributed by atoms with Gasteiger partial charge in [0, 0.05) is 25.9 Å². The van der Waals surface area contributed by atoms with Gasteiger partial charge in [0.15, 0.2) is 0 Å². The summed E-state index contributed by atoms with van der Waals surface area (Å²) in [5, 5.41) is 10.8. The summed E-state index contributed by atoms with van der Waals surface area (Å²) < 4.78 is 11.6. The first kappa shape index (κ1) is 20.7. The first-order valence-electron chi connectivity index (χ1n) is 9.45. The third kappa shape index (κ3) is 5.31. The van der Waals surface area contributed by atoms with Crippen molar-refractivity contribution in [2.75, 3.05) is 13.1 Å². The van der Waals surface area contributed by atoms with Crippen LogP contribution in [0.5, 0.6) is 17.5 Å². The molecule has 10 nitrogen and oxygen atoms in total. The summed E-state index contributed by atoms with van der Waals surface area (Å²) >= 11 is 0.846. The lowest BCUT2D eigenvalue weighted by Crippen LogP contribution is -2.41. The van der Waals surface area contributed by atoms with Crippen molar-refractivity contribution in [2.24, 2.45) is 0 Å². The van der Waals surface area contributed by atoms with E-state index in [2.05, 4.69) is 15.3 Å². The number of amides is 3. The highest BCUT2D eigenvalue weighted by Gasteiger charge is 2.25. The minimum Gasteiger partial charge on any atom is -0.474 e. The lowest BCUT2D eigenvalue weighted by Gasteiger charge is -2.29. The van der Waals surface area contributed by atoms with Crippen molar-refractivity contribution in [3.05, 3.63) is 47.1 Å². The zero-order chi connectivity index (χ0) is 21.8. The monoisotopic (exact) mass is 442 g/mol. The number of ether oxygens (including phenoxy) is 2. The predicted octanol–water partition coefficient (Wildman–Crippen LogP) is 3.11. The fourth-order valence-corrected chi connectivity index (χ4v) is 3.82. The molecule has 2 N–H and O–H groups in total. The molecule has 2 fully saturated rings. The van der Waals surface area contributed by atoms with Gasteiger partial charge in [-0.3, -0.25) is 14.9 Å². The number of aromatic nitrogens is 2. The quantitative estimate of drug-likeness (QED) is 0.671. The number of imide groups is 1. The maximum atomic E-state index is 11.7. The second kappa shape index (κ2) is 9.04. The van der Waals surface area contributed by atoms with Gasteiger partial charge in [-0.1, -0.05) is 12.1 Å². The highest BCUT2D eigenvalue weighted by molar-refractivity contribution is 8.18. The van der Waals surface area contributed by atoms with Crippen molar-refractivity contribution >= 4 is 35.1 Å². The molecule has 31 heavy (non-hydrogen) atoms. The summed E-state index contributed by atoms with van der Waals surface area (Å²) in [6.45, 7) is 0.831. The van der Waals surface area contributed by atoms with Gasteiger partial charge < -0.3 is 19.5 Å². The number of carbonyl (C=O) groups excluding carboxylic acids is 2. The molecular weight excluding hydrogens is 424 g/mol. The number of hydrogen-bond donors (Lipinski definition) is 2. The van der Waals surface area contributed by atoms with E-state index in [1.165, 1.54) is 11.2 Å². The number of nitrogens with zero attached hydrogens (tertiary/aromatic N) is 3. The minimum absolute atomic E-state index is 0.133. The van der Waals surface area contributed by atoms with Gasteiger partial charge in [-0.05, 0) is 35.5 Å². The molecule has 0 saturated carbocycles. The summed E-state index contributed by atoms with van der Waals surface area (Å²) in [6, 6.07) is 8.56. The van der Waals surface area contributed by atoms with Gasteiger partial charge in [-0.15, -0.1) is 0 Å². The summed E-state index contributed by atoms with van der Waals surface area (Å²) in [5.74, 6) is 0.687. The molecule has 2 aliphatic rings. The molecule has 1 aromatic carbocycles. The van der Waals surface area contributed by atoms with Crippen LogP contribution in [0.2, 0.25) is 0 Å². The number of thioether (sulfide) groups is 1. The molecule has 11 heteroatoms. The third-order valence-corrected chi connectivity index (χ3v) is 5.45. The van der Waals surface area contributed by atoms with Gasteiger partial charge in [0.1, 0.15) is 18.2 Å². The van der Waals surface area contributed by atoms with Crippen molar-refractivity contribution in [2.45, 2.75) is 18.9 Å². The third-order valence-electron chi connectivity index (χ3n) is 4.64. The van der Waals surface area contributed by atoms with Gasteiger partial charge in [0.05, 0.1) is 11.0 Å². The Balaban J connectivity index is 1.40. The van der Waals surface area contributed by atoms with Gasteiger partial charge >= 0.3 is 6.09 Å². The van der Waals surface area contributed by atoms with Crippen LogP contribution in [0.4, 0.5) is 9.59 Å². The van der Waals surface area contributed by atoms with E-state index in [-0.39, 0.29) is 12.0 Å². The SMILES string of the molecule is O=C1NC(=O)C(=Cc2cccc(Oc3cc(OC4CCN(C(=O)O)CC4)ncn3)c2)S1. The summed E-state index contributed by atoms with van der Waals surface area (Å²) in [5.41, 5.74) is 0.695. The first-order valence-corrected chi connectivity index (χ1v) is 10.3. The average Bonchev–Trinajstić information content (AvgIpc) is 3.05. The Morgan fingerprint density at radius 2 is 1.97 bits per heavy atom. The van der Waals surface area contributed by atoms with Gasteiger partial charge in [0.25, 0.3) is 11.1 Å². The summed E-state index contributed by atoms with van der Waals surface area (Å²) in [4.78, 5) is 43.9. The number of benzene rings is 1. The van der Waals surface area contributed by atoms with Crippen molar-refractivity contribution in [1.82, 2.24) is 20.2 Å². The number of carboxylic acid groups (broad SMARTS) is 1. The zero-order valence-electron chi connectivity index (χ0n) is 16.2. The summed E-state index contributed by atoms with van der Waals surface area (Å²) in [6.07, 6.45) is 3.04. The highest BCUT2D eigenvalue weighted by Crippen LogP contribution is 2.28. The van der Waals surface area contributed by atoms with Crippen LogP contribution in [0.3, 0.4) is 0 Å². The van der Waals surface area contributed by atoms with Crippen molar-refractivity contribution in [3.63, 3.8) is 0 Å². The van der Waals surface area contributed by atoms with E-state index in [1.54, 1.807) is 36.4 Å². The number of piperidine rings is 1. The molecular formula is C20H18N4O6S. The van der Waals surface area contributed by atoms with Crippen LogP contribution in [-0.2, 0) is 4.79 Å². The Bertz CT molecular complexity index is 1050. The van der Waals surface area contributed by atoms with E-state index in [4.69, 9.17) is 14.6 Å². The normalized spacial score (nSPS) is 18.2. The summed E-state index contributed by atoms with van der Waals surface area (Å²) in [7, 11) is 0. The van der Waals surface area contributed by atoms with Gasteiger partial charge in [-0.25, -0.2) is 14.8 Å². The maximum absolute atomic E-state index is 11.7. The van der Waals surface area contributed by atoms with E-state index in [0.29, 0.717) is 48.0 Å². The first-order chi connectivity index (χ1) is 15.0. The second-order valence-corrected chi connectivity index (χ2v) is 7.82. The van der Waals surface area contributed by atoms with Crippen molar-refractivity contribution < 1.29 is 29.0 Å². The number of carbonyl (C=O) groups is 3. The van der Waals surface area contributed by atoms with E-state index >= 15 is 0 Å². The Kier molecular flexibility index (Phi) is 6.03. The van der Waals surface area contributed by atoms with Crippen molar-refractivity contribution in [3.8, 4) is 17.5 Å². The largest absolute Gasteiger partial charge is 0.474 e. The molecule has 160 valence electrons. The fraction of sp³-hybridized carbons (Fsp3) is 0.250. The molecule has 0 bridgehead atoms. The molecule has 2 aliphatic heterocycles. The molecule has 2 saturated heterocycles. The van der Waals surface area contributed by atoms with Crippen LogP contribution in [0.1, 0.15) is 18.4 Å². The van der Waals surface area contributed by atoms with Crippen molar-refractivity contribution in [1.29, 1.82) is 0 Å². The average molecular weight is 442 g/mol. The standard InChI is InChI=1S/C20H18N4O6S/c25-18-15(31-19(26)23-18)9-12-2-1-3-14(8-12)30-17-10-16(21-11-22-17)29-13-4-6-24(7-5-13)20(27)28/h1-3,8-11,13H,4-7H2,(H,27,28)(H,23,25,26). The molecule has 0 unspecified atom stereocenters. The fourth-order valence-electron chi connectivity index (χ4n) is 3.14. The van der Waals surface area contributed by atoms with Gasteiger partial charge in [-0.2, -0.15) is 0 Å². The topological polar surface area (TPSA) is 131 Å².